The van der Waals surface area contributed by atoms with Gasteiger partial charge in [0.25, 0.3) is 0 Å². The molecule has 1 heterocycles. The van der Waals surface area contributed by atoms with Crippen molar-refractivity contribution in [2.45, 2.75) is 6.42 Å². The van der Waals surface area contributed by atoms with Crippen LogP contribution in [0.4, 0.5) is 0 Å². The number of aromatic hydroxyl groups is 1. The summed E-state index contributed by atoms with van der Waals surface area (Å²) >= 11 is 0. The predicted molar refractivity (Wildman–Crippen MR) is 67.7 cm³/mol. The lowest BCUT2D eigenvalue weighted by atomic mass is 10.1. The molecule has 1 aliphatic rings. The van der Waals surface area contributed by atoms with Gasteiger partial charge in [-0.3, -0.25) is 0 Å². The lowest BCUT2D eigenvalue weighted by Gasteiger charge is -2.27. The standard InChI is InChI=1S/C13H20N2O2/c1-17-12-3-2-11(13(16)10-12)4-7-15-8-5-14-6-9-15/h2-3,10,14,16H,4-9H2,1H3. The third-order valence-electron chi connectivity index (χ3n) is 3.20. The Hall–Kier alpha value is -1.26. The van der Waals surface area contributed by atoms with Crippen molar-refractivity contribution in [1.82, 2.24) is 10.2 Å². The Morgan fingerprint density at radius 2 is 2.12 bits per heavy atom. The Labute approximate surface area is 102 Å². The molecule has 1 aromatic carbocycles. The van der Waals surface area contributed by atoms with Gasteiger partial charge in [0.15, 0.2) is 0 Å². The van der Waals surface area contributed by atoms with E-state index in [-0.39, 0.29) is 0 Å². The summed E-state index contributed by atoms with van der Waals surface area (Å²) in [7, 11) is 1.61. The zero-order chi connectivity index (χ0) is 12.1. The van der Waals surface area contributed by atoms with E-state index in [4.69, 9.17) is 4.74 Å². The van der Waals surface area contributed by atoms with Crippen molar-refractivity contribution in [2.24, 2.45) is 0 Å². The number of phenols is 1. The first kappa shape index (κ1) is 12.2. The normalized spacial score (nSPS) is 17.0. The maximum absolute atomic E-state index is 9.84. The molecule has 4 nitrogen and oxygen atoms in total. The van der Waals surface area contributed by atoms with Gasteiger partial charge in [-0.2, -0.15) is 0 Å². The zero-order valence-corrected chi connectivity index (χ0v) is 10.3. The summed E-state index contributed by atoms with van der Waals surface area (Å²) in [6.07, 6.45) is 0.885. The van der Waals surface area contributed by atoms with Crippen LogP contribution < -0.4 is 10.1 Å². The molecule has 0 saturated carbocycles. The van der Waals surface area contributed by atoms with Gasteiger partial charge < -0.3 is 20.1 Å². The number of piperazine rings is 1. The smallest absolute Gasteiger partial charge is 0.122 e. The van der Waals surface area contributed by atoms with Crippen molar-refractivity contribution in [3.8, 4) is 11.5 Å². The van der Waals surface area contributed by atoms with E-state index in [1.54, 1.807) is 13.2 Å². The quantitative estimate of drug-likeness (QED) is 0.813. The molecule has 1 aromatic rings. The average molecular weight is 236 g/mol. The largest absolute Gasteiger partial charge is 0.508 e. The van der Waals surface area contributed by atoms with Gasteiger partial charge in [-0.05, 0) is 18.1 Å². The Balaban J connectivity index is 1.89. The second kappa shape index (κ2) is 5.89. The fourth-order valence-electron chi connectivity index (χ4n) is 2.10. The maximum atomic E-state index is 9.84. The lowest BCUT2D eigenvalue weighted by Crippen LogP contribution is -2.44. The van der Waals surface area contributed by atoms with Crippen LogP contribution in [0.1, 0.15) is 5.56 Å². The minimum atomic E-state index is 0.333. The lowest BCUT2D eigenvalue weighted by molar-refractivity contribution is 0.243. The number of ether oxygens (including phenoxy) is 1. The van der Waals surface area contributed by atoms with Gasteiger partial charge in [-0.25, -0.2) is 0 Å². The van der Waals surface area contributed by atoms with Crippen LogP contribution in [-0.2, 0) is 6.42 Å². The van der Waals surface area contributed by atoms with Crippen LogP contribution in [0.25, 0.3) is 0 Å². The summed E-state index contributed by atoms with van der Waals surface area (Å²) < 4.78 is 5.07. The van der Waals surface area contributed by atoms with E-state index in [1.165, 1.54) is 0 Å². The Bertz CT molecular complexity index is 362. The maximum Gasteiger partial charge on any atom is 0.122 e. The molecule has 0 atom stereocenters. The third kappa shape index (κ3) is 3.35. The second-order valence-electron chi connectivity index (χ2n) is 4.34. The number of phenolic OH excluding ortho intramolecular Hbond substituents is 1. The first-order valence-electron chi connectivity index (χ1n) is 6.08. The van der Waals surface area contributed by atoms with Gasteiger partial charge in [0.05, 0.1) is 7.11 Å². The van der Waals surface area contributed by atoms with E-state index in [1.807, 2.05) is 12.1 Å². The minimum absolute atomic E-state index is 0.333. The van der Waals surface area contributed by atoms with E-state index in [0.29, 0.717) is 11.5 Å². The van der Waals surface area contributed by atoms with Crippen molar-refractivity contribution >= 4 is 0 Å². The number of benzene rings is 1. The van der Waals surface area contributed by atoms with Gasteiger partial charge in [0.1, 0.15) is 11.5 Å². The average Bonchev–Trinajstić information content (AvgIpc) is 2.38. The molecular formula is C13H20N2O2. The fraction of sp³-hybridized carbons (Fsp3) is 0.538. The molecule has 0 bridgehead atoms. The van der Waals surface area contributed by atoms with Gasteiger partial charge in [0, 0.05) is 38.8 Å². The Kier molecular flexibility index (Phi) is 4.23. The van der Waals surface area contributed by atoms with Crippen LogP contribution in [0, 0.1) is 0 Å². The van der Waals surface area contributed by atoms with E-state index >= 15 is 0 Å². The number of methoxy groups -OCH3 is 1. The van der Waals surface area contributed by atoms with Crippen molar-refractivity contribution in [3.63, 3.8) is 0 Å². The molecule has 0 spiro atoms. The number of rotatable bonds is 4. The van der Waals surface area contributed by atoms with Crippen LogP contribution >= 0.6 is 0 Å². The number of hydrogen-bond donors (Lipinski definition) is 2. The highest BCUT2D eigenvalue weighted by atomic mass is 16.5. The van der Waals surface area contributed by atoms with Crippen molar-refractivity contribution in [1.29, 1.82) is 0 Å². The third-order valence-corrected chi connectivity index (χ3v) is 3.20. The van der Waals surface area contributed by atoms with E-state index in [2.05, 4.69) is 10.2 Å². The van der Waals surface area contributed by atoms with Crippen LogP contribution in [0.5, 0.6) is 11.5 Å². The molecule has 0 unspecified atom stereocenters. The van der Waals surface area contributed by atoms with Crippen molar-refractivity contribution in [3.05, 3.63) is 23.8 Å². The van der Waals surface area contributed by atoms with Gasteiger partial charge in [-0.1, -0.05) is 6.07 Å². The van der Waals surface area contributed by atoms with Gasteiger partial charge in [0.2, 0.25) is 0 Å². The zero-order valence-electron chi connectivity index (χ0n) is 10.3. The van der Waals surface area contributed by atoms with E-state index in [9.17, 15) is 5.11 Å². The molecule has 0 aromatic heterocycles. The molecule has 1 aliphatic heterocycles. The molecule has 0 aliphatic carbocycles. The summed E-state index contributed by atoms with van der Waals surface area (Å²) in [5, 5.41) is 13.2. The van der Waals surface area contributed by atoms with E-state index < -0.39 is 0 Å². The van der Waals surface area contributed by atoms with Crippen molar-refractivity contribution in [2.75, 3.05) is 39.8 Å². The predicted octanol–water partition coefficient (Wildman–Crippen LogP) is 0.848. The monoisotopic (exact) mass is 236 g/mol. The highest BCUT2D eigenvalue weighted by Gasteiger charge is 2.10. The second-order valence-corrected chi connectivity index (χ2v) is 4.34. The minimum Gasteiger partial charge on any atom is -0.508 e. The molecule has 4 heteroatoms. The fourth-order valence-corrected chi connectivity index (χ4v) is 2.10. The van der Waals surface area contributed by atoms with E-state index in [0.717, 1.165) is 44.7 Å². The first-order chi connectivity index (χ1) is 8.29. The Morgan fingerprint density at radius 1 is 1.35 bits per heavy atom. The van der Waals surface area contributed by atoms with Gasteiger partial charge in [-0.15, -0.1) is 0 Å². The Morgan fingerprint density at radius 3 is 2.76 bits per heavy atom. The highest BCUT2D eigenvalue weighted by molar-refractivity contribution is 5.39. The summed E-state index contributed by atoms with van der Waals surface area (Å²) in [6, 6.07) is 5.51. The van der Waals surface area contributed by atoms with Crippen LogP contribution in [-0.4, -0.2) is 49.8 Å². The number of nitrogens with one attached hydrogen (secondary N) is 1. The number of hydrogen-bond acceptors (Lipinski definition) is 4. The molecule has 94 valence electrons. The topological polar surface area (TPSA) is 44.7 Å². The van der Waals surface area contributed by atoms with Crippen LogP contribution in [0.2, 0.25) is 0 Å². The van der Waals surface area contributed by atoms with Crippen LogP contribution in [0.3, 0.4) is 0 Å². The molecule has 17 heavy (non-hydrogen) atoms. The van der Waals surface area contributed by atoms with Crippen LogP contribution in [0.15, 0.2) is 18.2 Å². The molecule has 1 saturated heterocycles. The summed E-state index contributed by atoms with van der Waals surface area (Å²) in [6.45, 7) is 5.32. The molecule has 2 rings (SSSR count). The highest BCUT2D eigenvalue weighted by Crippen LogP contribution is 2.23. The molecule has 0 amide bonds. The summed E-state index contributed by atoms with van der Waals surface area (Å²) in [4.78, 5) is 2.42. The first-order valence-corrected chi connectivity index (χ1v) is 6.08. The van der Waals surface area contributed by atoms with Crippen molar-refractivity contribution < 1.29 is 9.84 Å². The molecule has 2 N–H and O–H groups in total. The number of nitrogens with zero attached hydrogens (tertiary/aromatic N) is 1. The van der Waals surface area contributed by atoms with Gasteiger partial charge >= 0.3 is 0 Å². The molecule has 0 radical (unpaired) electrons. The SMILES string of the molecule is COc1ccc(CCN2CCNCC2)c(O)c1. The molecular weight excluding hydrogens is 216 g/mol. The summed E-state index contributed by atoms with van der Waals surface area (Å²) in [5.74, 6) is 1.04. The summed E-state index contributed by atoms with van der Waals surface area (Å²) in [5.41, 5.74) is 0.990. The molecule has 1 fully saturated rings.